The Labute approximate surface area is 208 Å². The number of hydrogen-bond acceptors (Lipinski definition) is 5. The molecule has 10 heteroatoms. The highest BCUT2D eigenvalue weighted by Gasteiger charge is 2.32. The number of anilines is 1. The Kier molecular flexibility index (Phi) is 8.31. The second-order valence-electron chi connectivity index (χ2n) is 9.78. The molecule has 1 aliphatic heterocycles. The Hall–Kier alpha value is -2.10. The molecular formula is C24H36ClN5O3S. The molecule has 2 heterocycles. The molecule has 1 saturated heterocycles. The van der Waals surface area contributed by atoms with Crippen molar-refractivity contribution in [3.8, 4) is 0 Å². The number of carbonyl (C=O) groups is 1. The lowest BCUT2D eigenvalue weighted by atomic mass is 9.92. The number of likely N-dealkylation sites (tertiary alicyclic amines) is 1. The first kappa shape index (κ1) is 26.5. The van der Waals surface area contributed by atoms with Gasteiger partial charge in [0.1, 0.15) is 0 Å². The second kappa shape index (κ2) is 10.7. The van der Waals surface area contributed by atoms with E-state index < -0.39 is 16.1 Å². The third-order valence-electron chi connectivity index (χ3n) is 6.36. The van der Waals surface area contributed by atoms with Gasteiger partial charge in [-0.05, 0) is 55.0 Å². The van der Waals surface area contributed by atoms with Crippen LogP contribution in [0.15, 0.2) is 24.5 Å². The maximum atomic E-state index is 13.4. The lowest BCUT2D eigenvalue weighted by Gasteiger charge is -2.28. The molecule has 1 N–H and O–H groups in total. The van der Waals surface area contributed by atoms with E-state index in [1.165, 1.54) is 10.5 Å². The number of benzene rings is 1. The van der Waals surface area contributed by atoms with E-state index in [1.807, 2.05) is 46.9 Å². The Morgan fingerprint density at radius 3 is 2.29 bits per heavy atom. The van der Waals surface area contributed by atoms with Crippen LogP contribution in [-0.4, -0.2) is 55.2 Å². The van der Waals surface area contributed by atoms with E-state index in [0.717, 1.165) is 36.1 Å². The van der Waals surface area contributed by atoms with Crippen molar-refractivity contribution in [3.63, 3.8) is 0 Å². The van der Waals surface area contributed by atoms with Crippen molar-refractivity contribution in [2.45, 2.75) is 64.8 Å². The van der Waals surface area contributed by atoms with Gasteiger partial charge in [0, 0.05) is 24.3 Å². The summed E-state index contributed by atoms with van der Waals surface area (Å²) in [6.07, 6.45) is 5.00. The molecule has 1 fully saturated rings. The van der Waals surface area contributed by atoms with Gasteiger partial charge in [0.05, 0.1) is 24.8 Å². The predicted molar refractivity (Wildman–Crippen MR) is 137 cm³/mol. The highest BCUT2D eigenvalue weighted by molar-refractivity contribution is 7.91. The van der Waals surface area contributed by atoms with Crippen LogP contribution >= 0.6 is 11.6 Å². The van der Waals surface area contributed by atoms with E-state index in [1.54, 1.807) is 17.9 Å². The molecule has 1 aromatic heterocycles. The summed E-state index contributed by atoms with van der Waals surface area (Å²) in [7, 11) is -0.406. The van der Waals surface area contributed by atoms with Crippen molar-refractivity contribution in [3.05, 3.63) is 46.2 Å². The first-order valence-corrected chi connectivity index (χ1v) is 13.5. The molecule has 1 amide bonds. The van der Waals surface area contributed by atoms with Gasteiger partial charge in [0.15, 0.2) is 0 Å². The summed E-state index contributed by atoms with van der Waals surface area (Å²) in [6.45, 7) is 9.36. The zero-order valence-corrected chi connectivity index (χ0v) is 22.4. The van der Waals surface area contributed by atoms with E-state index in [9.17, 15) is 13.2 Å². The molecule has 3 rings (SSSR count). The number of halogens is 1. The van der Waals surface area contributed by atoms with Gasteiger partial charge in [-0.3, -0.25) is 9.48 Å². The quantitative estimate of drug-likeness (QED) is 0.555. The maximum Gasteiger partial charge on any atom is 0.326 e. The highest BCUT2D eigenvalue weighted by Crippen LogP contribution is 2.33. The van der Waals surface area contributed by atoms with Crippen LogP contribution in [0, 0.1) is 0 Å². The number of hydrogen-bond donors (Lipinski definition) is 1. The van der Waals surface area contributed by atoms with Crippen LogP contribution in [0.4, 0.5) is 5.69 Å². The predicted octanol–water partition coefficient (Wildman–Crippen LogP) is 3.82. The summed E-state index contributed by atoms with van der Waals surface area (Å²) < 4.78 is 31.8. The van der Waals surface area contributed by atoms with Gasteiger partial charge in [-0.15, -0.1) is 0 Å². The third-order valence-corrected chi connectivity index (χ3v) is 8.22. The minimum Gasteiger partial charge on any atom is -0.302 e. The summed E-state index contributed by atoms with van der Waals surface area (Å²) in [4.78, 5) is 15.1. The van der Waals surface area contributed by atoms with Crippen molar-refractivity contribution in [1.29, 1.82) is 0 Å². The molecule has 0 aliphatic carbocycles. The number of nitrogens with zero attached hydrogens (tertiary/aromatic N) is 4. The van der Waals surface area contributed by atoms with Gasteiger partial charge >= 0.3 is 10.2 Å². The van der Waals surface area contributed by atoms with E-state index >= 15 is 0 Å². The summed E-state index contributed by atoms with van der Waals surface area (Å²) in [6, 6.07) is 3.87. The summed E-state index contributed by atoms with van der Waals surface area (Å²) in [5, 5.41) is 4.84. The third kappa shape index (κ3) is 6.12. The molecule has 1 aliphatic rings. The van der Waals surface area contributed by atoms with Crippen LogP contribution in [0.2, 0.25) is 5.02 Å². The Morgan fingerprint density at radius 1 is 1.21 bits per heavy atom. The van der Waals surface area contributed by atoms with Crippen LogP contribution in [0.1, 0.15) is 69.1 Å². The first-order chi connectivity index (χ1) is 15.9. The molecule has 0 bridgehead atoms. The zero-order valence-electron chi connectivity index (χ0n) is 20.9. The van der Waals surface area contributed by atoms with E-state index in [-0.39, 0.29) is 30.8 Å². The number of carbonyl (C=O) groups excluding carboxylic acids is 1. The zero-order chi connectivity index (χ0) is 25.2. The summed E-state index contributed by atoms with van der Waals surface area (Å²) >= 11 is 6.60. The lowest BCUT2D eigenvalue weighted by molar-refractivity contribution is -0.118. The number of likely N-dealkylation sites (N-methyl/N-ethyl adjacent to an activating group) is 1. The first-order valence-electron chi connectivity index (χ1n) is 11.7. The van der Waals surface area contributed by atoms with E-state index in [2.05, 4.69) is 14.7 Å². The Balaban J connectivity index is 1.84. The average Bonchev–Trinajstić information content (AvgIpc) is 3.33. The molecule has 1 aromatic carbocycles. The molecule has 34 heavy (non-hydrogen) atoms. The Morgan fingerprint density at radius 2 is 1.82 bits per heavy atom. The topological polar surface area (TPSA) is 87.5 Å². The van der Waals surface area contributed by atoms with Gasteiger partial charge in [-0.1, -0.05) is 51.4 Å². The van der Waals surface area contributed by atoms with Crippen molar-refractivity contribution >= 4 is 33.4 Å². The minimum atomic E-state index is -4.13. The number of rotatable bonds is 9. The standard InChI is InChI=1S/C24H36ClN5O3S/c1-16(2)21-10-18(11-22(17(3)4)24(21)25)12-23(31)27-34(32,33)30(20-13-26-29(6)14-20)15-19-8-7-9-28(19)5/h10-11,13-14,16-17,19H,7-9,12,15H2,1-6H3,(H,27,31)/t19-/m0/s1. The molecule has 8 nitrogen and oxygen atoms in total. The van der Waals surface area contributed by atoms with Crippen molar-refractivity contribution in [2.24, 2.45) is 7.05 Å². The van der Waals surface area contributed by atoms with Crippen molar-refractivity contribution < 1.29 is 13.2 Å². The van der Waals surface area contributed by atoms with Crippen LogP contribution < -0.4 is 9.03 Å². The van der Waals surface area contributed by atoms with Crippen LogP contribution in [0.25, 0.3) is 0 Å². The SMILES string of the molecule is CC(C)c1cc(CC(=O)NS(=O)(=O)N(C[C@@H]2CCCN2C)c2cnn(C)c2)cc(C(C)C)c1Cl. The van der Waals surface area contributed by atoms with Gasteiger partial charge < -0.3 is 4.90 Å². The number of amides is 1. The number of aryl methyl sites for hydroxylation is 1. The molecule has 0 unspecified atom stereocenters. The van der Waals surface area contributed by atoms with Gasteiger partial charge in [-0.25, -0.2) is 9.03 Å². The van der Waals surface area contributed by atoms with Gasteiger partial charge in [0.2, 0.25) is 5.91 Å². The summed E-state index contributed by atoms with van der Waals surface area (Å²) in [5.41, 5.74) is 3.09. The molecular weight excluding hydrogens is 474 g/mol. The van der Waals surface area contributed by atoms with Crippen LogP contribution in [-0.2, 0) is 28.5 Å². The highest BCUT2D eigenvalue weighted by atomic mass is 35.5. The molecule has 0 radical (unpaired) electrons. The number of aromatic nitrogens is 2. The summed E-state index contributed by atoms with van der Waals surface area (Å²) in [5.74, 6) is -0.220. The molecule has 0 saturated carbocycles. The van der Waals surface area contributed by atoms with Gasteiger partial charge in [-0.2, -0.15) is 13.5 Å². The van der Waals surface area contributed by atoms with Crippen LogP contribution in [0.5, 0.6) is 0 Å². The number of nitrogens with one attached hydrogen (secondary N) is 1. The molecule has 2 aromatic rings. The largest absolute Gasteiger partial charge is 0.326 e. The smallest absolute Gasteiger partial charge is 0.302 e. The maximum absolute atomic E-state index is 13.4. The van der Waals surface area contributed by atoms with Crippen molar-refractivity contribution in [2.75, 3.05) is 24.4 Å². The average molecular weight is 510 g/mol. The monoisotopic (exact) mass is 509 g/mol. The molecule has 1 atom stereocenters. The fraction of sp³-hybridized carbons (Fsp3) is 0.583. The fourth-order valence-electron chi connectivity index (χ4n) is 4.38. The van der Waals surface area contributed by atoms with Crippen molar-refractivity contribution in [1.82, 2.24) is 19.4 Å². The van der Waals surface area contributed by atoms with E-state index in [0.29, 0.717) is 10.7 Å². The molecule has 188 valence electrons. The normalized spacial score (nSPS) is 17.0. The Bertz CT molecular complexity index is 1100. The van der Waals surface area contributed by atoms with Gasteiger partial charge in [0.25, 0.3) is 0 Å². The minimum absolute atomic E-state index is 0.0555. The lowest BCUT2D eigenvalue weighted by Crippen LogP contribution is -2.48. The second-order valence-corrected chi connectivity index (χ2v) is 11.8. The van der Waals surface area contributed by atoms with E-state index in [4.69, 9.17) is 11.6 Å². The molecule has 0 spiro atoms. The van der Waals surface area contributed by atoms with Crippen LogP contribution in [0.3, 0.4) is 0 Å². The fourth-order valence-corrected chi connectivity index (χ4v) is 6.13.